The fraction of sp³-hybridized carbons (Fsp3) is 0.429. The van der Waals surface area contributed by atoms with Crippen molar-refractivity contribution in [3.05, 3.63) is 42.2 Å². The molecule has 0 bridgehead atoms. The second-order valence-corrected chi connectivity index (χ2v) is 10.3. The second-order valence-electron chi connectivity index (χ2n) is 7.85. The highest BCUT2D eigenvalue weighted by Gasteiger charge is 2.44. The zero-order chi connectivity index (χ0) is 23.5. The molecule has 0 spiro atoms. The van der Waals surface area contributed by atoms with E-state index in [9.17, 15) is 18.0 Å². The summed E-state index contributed by atoms with van der Waals surface area (Å²) in [5.41, 5.74) is 3.97. The van der Waals surface area contributed by atoms with Crippen LogP contribution >= 0.6 is 0 Å². The molecule has 0 aliphatic carbocycles. The summed E-state index contributed by atoms with van der Waals surface area (Å²) < 4.78 is 34.4. The van der Waals surface area contributed by atoms with Gasteiger partial charge in [-0.25, -0.2) is 18.7 Å². The molecule has 3 rings (SSSR count). The number of sulfone groups is 1. The minimum atomic E-state index is -3.83. The van der Waals surface area contributed by atoms with Crippen molar-refractivity contribution in [2.24, 2.45) is 0 Å². The van der Waals surface area contributed by atoms with Crippen LogP contribution in [0.2, 0.25) is 0 Å². The van der Waals surface area contributed by atoms with Crippen LogP contribution in [0.3, 0.4) is 0 Å². The Morgan fingerprint density at radius 2 is 1.91 bits per heavy atom. The molecule has 2 N–H and O–H groups in total. The number of hydroxylamine groups is 1. The van der Waals surface area contributed by atoms with Crippen LogP contribution < -0.4 is 10.2 Å². The van der Waals surface area contributed by atoms with E-state index in [1.807, 2.05) is 30.3 Å². The third-order valence-electron chi connectivity index (χ3n) is 5.73. The lowest BCUT2D eigenvalue weighted by Crippen LogP contribution is -2.50. The van der Waals surface area contributed by atoms with Crippen molar-refractivity contribution >= 4 is 21.8 Å². The van der Waals surface area contributed by atoms with E-state index in [1.54, 1.807) is 13.3 Å². The average Bonchev–Trinajstić information content (AvgIpc) is 3.30. The van der Waals surface area contributed by atoms with Crippen molar-refractivity contribution < 1.29 is 32.7 Å². The van der Waals surface area contributed by atoms with Gasteiger partial charge < -0.3 is 14.4 Å². The van der Waals surface area contributed by atoms with Crippen molar-refractivity contribution in [1.82, 2.24) is 14.9 Å². The second kappa shape index (κ2) is 9.31. The zero-order valence-electron chi connectivity index (χ0n) is 18.2. The van der Waals surface area contributed by atoms with Gasteiger partial charge in [0.2, 0.25) is 0 Å². The molecule has 1 aromatic heterocycles. The lowest BCUT2D eigenvalue weighted by molar-refractivity contribution is -0.131. The molecule has 0 saturated heterocycles. The maximum atomic E-state index is 12.8. The number of hydrogen-bond acceptors (Lipinski definition) is 7. The lowest BCUT2D eigenvalue weighted by Gasteiger charge is -2.27. The lowest BCUT2D eigenvalue weighted by atomic mass is 10.1. The first-order valence-electron chi connectivity index (χ1n) is 9.97. The molecular formula is C21H27N3O7S. The molecule has 1 aromatic carbocycles. The van der Waals surface area contributed by atoms with Gasteiger partial charge in [-0.2, -0.15) is 0 Å². The average molecular weight is 466 g/mol. The van der Waals surface area contributed by atoms with Crippen molar-refractivity contribution in [2.75, 3.05) is 33.1 Å². The Bertz CT molecular complexity index is 1100. The minimum Gasteiger partial charge on any atom is -0.491 e. The van der Waals surface area contributed by atoms with Crippen molar-refractivity contribution in [3.63, 3.8) is 0 Å². The normalized spacial score (nSPS) is 15.4. The molecule has 1 aliphatic heterocycles. The first-order chi connectivity index (χ1) is 15.1. The summed E-state index contributed by atoms with van der Waals surface area (Å²) in [6, 6.07) is 9.10. The molecular weight excluding hydrogens is 438 g/mol. The molecule has 174 valence electrons. The molecule has 2 aromatic rings. The number of ether oxygens (including phenoxy) is 2. The Labute approximate surface area is 186 Å². The van der Waals surface area contributed by atoms with Gasteiger partial charge in [0.05, 0.1) is 13.2 Å². The van der Waals surface area contributed by atoms with Gasteiger partial charge in [-0.3, -0.25) is 14.6 Å². The van der Waals surface area contributed by atoms with Gasteiger partial charge >= 0.3 is 6.03 Å². The topological polar surface area (TPSA) is 127 Å². The Hall–Kier alpha value is -2.89. The number of nitrogens with one attached hydrogen (secondary N) is 1. The number of aromatic nitrogens is 1. The van der Waals surface area contributed by atoms with Crippen LogP contribution in [0.5, 0.6) is 5.75 Å². The summed E-state index contributed by atoms with van der Waals surface area (Å²) in [5, 5.41) is 8.93. The Morgan fingerprint density at radius 1 is 1.22 bits per heavy atom. The predicted molar refractivity (Wildman–Crippen MR) is 116 cm³/mol. The third-order valence-corrected chi connectivity index (χ3v) is 7.76. The van der Waals surface area contributed by atoms with Crippen LogP contribution in [0.1, 0.15) is 19.0 Å². The SMILES string of the molecule is COCCOc1ccc(-c2cc3n(c2)C(=O)N(CC[C@](C)(C(=O)NO)S(C)(=O)=O)C3)cc1. The monoisotopic (exact) mass is 465 g/mol. The molecule has 10 nitrogen and oxygen atoms in total. The number of fused-ring (bicyclic) bond motifs is 1. The van der Waals surface area contributed by atoms with Gasteiger partial charge in [0, 0.05) is 37.4 Å². The number of rotatable bonds is 10. The quantitative estimate of drug-likeness (QED) is 0.310. The van der Waals surface area contributed by atoms with E-state index in [4.69, 9.17) is 14.7 Å². The van der Waals surface area contributed by atoms with Gasteiger partial charge in [-0.1, -0.05) is 12.1 Å². The van der Waals surface area contributed by atoms with E-state index in [-0.39, 0.29) is 25.5 Å². The van der Waals surface area contributed by atoms with Crippen LogP contribution in [0.25, 0.3) is 11.1 Å². The van der Waals surface area contributed by atoms with E-state index in [0.717, 1.165) is 28.8 Å². The molecule has 2 amide bonds. The van der Waals surface area contributed by atoms with Gasteiger partial charge in [0.25, 0.3) is 5.91 Å². The molecule has 0 radical (unpaired) electrons. The first-order valence-corrected chi connectivity index (χ1v) is 11.9. The summed E-state index contributed by atoms with van der Waals surface area (Å²) in [6.45, 7) is 2.52. The molecule has 0 saturated carbocycles. The number of carbonyl (C=O) groups is 2. The number of methoxy groups -OCH3 is 1. The summed E-state index contributed by atoms with van der Waals surface area (Å²) in [7, 11) is -2.22. The van der Waals surface area contributed by atoms with E-state index >= 15 is 0 Å². The maximum absolute atomic E-state index is 12.8. The highest BCUT2D eigenvalue weighted by atomic mass is 32.2. The molecule has 32 heavy (non-hydrogen) atoms. The summed E-state index contributed by atoms with van der Waals surface area (Å²) in [6.07, 6.45) is 2.51. The van der Waals surface area contributed by atoms with Gasteiger partial charge in [0.1, 0.15) is 12.4 Å². The van der Waals surface area contributed by atoms with E-state index in [0.29, 0.717) is 13.2 Å². The molecule has 1 atom stereocenters. The number of amides is 2. The van der Waals surface area contributed by atoms with E-state index in [1.165, 1.54) is 21.9 Å². The van der Waals surface area contributed by atoms with Crippen molar-refractivity contribution in [3.8, 4) is 16.9 Å². The summed E-state index contributed by atoms with van der Waals surface area (Å²) in [4.78, 5) is 26.2. The molecule has 1 aliphatic rings. The van der Waals surface area contributed by atoms with Crippen LogP contribution in [-0.4, -0.2) is 72.9 Å². The third kappa shape index (κ3) is 4.64. The highest BCUT2D eigenvalue weighted by Crippen LogP contribution is 2.30. The Balaban J connectivity index is 1.68. The minimum absolute atomic E-state index is 0.0420. The fourth-order valence-electron chi connectivity index (χ4n) is 3.48. The smallest absolute Gasteiger partial charge is 0.328 e. The molecule has 2 heterocycles. The summed E-state index contributed by atoms with van der Waals surface area (Å²) >= 11 is 0. The zero-order valence-corrected chi connectivity index (χ0v) is 19.0. The molecule has 11 heteroatoms. The molecule has 0 fully saturated rings. The van der Waals surface area contributed by atoms with Crippen LogP contribution in [-0.2, 0) is 25.9 Å². The largest absolute Gasteiger partial charge is 0.491 e. The standard InChI is InChI=1S/C21H27N3O7S/c1-21(19(25)22-27,32(3,28)29)8-9-23-14-17-12-16(13-24(17)20(23)26)15-4-6-18(7-5-15)31-11-10-30-2/h4-7,12-13,27H,8-11,14H2,1-3H3,(H,22,25)/t21-/m1/s1. The Kier molecular flexibility index (Phi) is 6.91. The fourth-order valence-corrected chi connectivity index (χ4v) is 4.32. The van der Waals surface area contributed by atoms with Gasteiger partial charge in [-0.15, -0.1) is 0 Å². The van der Waals surface area contributed by atoms with Crippen LogP contribution in [0.4, 0.5) is 4.79 Å². The van der Waals surface area contributed by atoms with Crippen molar-refractivity contribution in [2.45, 2.75) is 24.6 Å². The first kappa shape index (κ1) is 23.8. The highest BCUT2D eigenvalue weighted by molar-refractivity contribution is 7.92. The van der Waals surface area contributed by atoms with E-state index < -0.39 is 20.5 Å². The van der Waals surface area contributed by atoms with Crippen LogP contribution in [0.15, 0.2) is 36.5 Å². The Morgan fingerprint density at radius 3 is 2.47 bits per heavy atom. The van der Waals surface area contributed by atoms with Crippen LogP contribution in [0, 0.1) is 0 Å². The maximum Gasteiger partial charge on any atom is 0.328 e. The van der Waals surface area contributed by atoms with Gasteiger partial charge in [-0.05, 0) is 37.1 Å². The summed E-state index contributed by atoms with van der Waals surface area (Å²) in [5.74, 6) is -0.302. The number of benzene rings is 1. The number of nitrogens with zero attached hydrogens (tertiary/aromatic N) is 2. The van der Waals surface area contributed by atoms with E-state index in [2.05, 4.69) is 0 Å². The number of carbonyl (C=O) groups excluding carboxylic acids is 2. The predicted octanol–water partition coefficient (Wildman–Crippen LogP) is 1.66. The van der Waals surface area contributed by atoms with Gasteiger partial charge in [0.15, 0.2) is 14.6 Å². The number of hydrogen-bond donors (Lipinski definition) is 2. The van der Waals surface area contributed by atoms with Crippen molar-refractivity contribution in [1.29, 1.82) is 0 Å². The molecule has 0 unspecified atom stereocenters.